The van der Waals surface area contributed by atoms with Gasteiger partial charge in [-0.1, -0.05) is 29.9 Å². The Morgan fingerprint density at radius 1 is 1.00 bits per heavy atom. The van der Waals surface area contributed by atoms with Crippen LogP contribution in [0.2, 0.25) is 0 Å². The number of benzene rings is 1. The molecule has 0 bridgehead atoms. The average molecular weight is 258 g/mol. The largest absolute Gasteiger partial charge is 0.347 e. The van der Waals surface area contributed by atoms with Gasteiger partial charge in [0.2, 0.25) is 0 Å². The van der Waals surface area contributed by atoms with E-state index in [1.54, 1.807) is 0 Å². The molecule has 0 saturated heterocycles. The highest BCUT2D eigenvalue weighted by Gasteiger charge is 2.11. The lowest BCUT2D eigenvalue weighted by Gasteiger charge is -2.12. The van der Waals surface area contributed by atoms with Crippen LogP contribution < -0.4 is 0 Å². The molecule has 0 fully saturated rings. The molecular weight excluding hydrogens is 240 g/mol. The van der Waals surface area contributed by atoms with E-state index < -0.39 is 0 Å². The Morgan fingerprint density at radius 3 is 2.11 bits per heavy atom. The molecule has 0 radical (unpaired) electrons. The number of nitrogens with zero attached hydrogens (tertiary/aromatic N) is 1. The second-order valence-electron chi connectivity index (χ2n) is 4.90. The average Bonchev–Trinajstić information content (AvgIpc) is 2.24. The number of hydrogen-bond donors (Lipinski definition) is 1. The third kappa shape index (κ3) is 2.23. The van der Waals surface area contributed by atoms with Crippen LogP contribution in [0.3, 0.4) is 0 Å². The van der Waals surface area contributed by atoms with Crippen LogP contribution in [-0.2, 0) is 0 Å². The second-order valence-corrected chi connectivity index (χ2v) is 5.31. The van der Waals surface area contributed by atoms with Crippen LogP contribution in [0.5, 0.6) is 0 Å². The minimum absolute atomic E-state index is 0.716. The first-order valence-electron chi connectivity index (χ1n) is 6.06. The molecule has 0 saturated carbocycles. The molecule has 2 aromatic rings. The normalized spacial score (nSPS) is 10.7. The van der Waals surface area contributed by atoms with E-state index in [1.165, 1.54) is 16.7 Å². The summed E-state index contributed by atoms with van der Waals surface area (Å²) in [7, 11) is 0. The van der Waals surface area contributed by atoms with Crippen molar-refractivity contribution in [1.29, 1.82) is 0 Å². The van der Waals surface area contributed by atoms with Crippen molar-refractivity contribution in [2.24, 2.45) is 0 Å². The Morgan fingerprint density at radius 2 is 1.56 bits per heavy atom. The SMILES string of the molecule is Cc1cc(C)c(-c2nc(C)c(C)[nH]c2=S)c(C)c1. The summed E-state index contributed by atoms with van der Waals surface area (Å²) in [5.74, 6) is 0. The van der Waals surface area contributed by atoms with Crippen LogP contribution in [0.25, 0.3) is 11.3 Å². The Bertz CT molecular complexity index is 646. The standard InChI is InChI=1S/C15H18N2S/c1-8-6-9(2)13(10(3)7-8)14-15(18)17-12(5)11(4)16-14/h6-7H,1-5H3,(H,17,18). The Kier molecular flexibility index (Phi) is 3.35. The zero-order valence-corrected chi connectivity index (χ0v) is 12.3. The number of aryl methyl sites for hydroxylation is 5. The zero-order chi connectivity index (χ0) is 13.4. The third-order valence-corrected chi connectivity index (χ3v) is 3.55. The summed E-state index contributed by atoms with van der Waals surface area (Å²) in [6.07, 6.45) is 0. The van der Waals surface area contributed by atoms with Gasteiger partial charge in [0, 0.05) is 11.3 Å². The van der Waals surface area contributed by atoms with Gasteiger partial charge in [-0.15, -0.1) is 0 Å². The van der Waals surface area contributed by atoms with E-state index in [9.17, 15) is 0 Å². The smallest absolute Gasteiger partial charge is 0.130 e. The van der Waals surface area contributed by atoms with Crippen LogP contribution in [0.1, 0.15) is 28.1 Å². The first kappa shape index (κ1) is 13.0. The fourth-order valence-electron chi connectivity index (χ4n) is 2.35. The first-order chi connectivity index (χ1) is 8.40. The summed E-state index contributed by atoms with van der Waals surface area (Å²) in [5, 5.41) is 0. The van der Waals surface area contributed by atoms with Crippen LogP contribution in [-0.4, -0.2) is 9.97 Å². The van der Waals surface area contributed by atoms with Gasteiger partial charge in [-0.25, -0.2) is 4.98 Å². The minimum Gasteiger partial charge on any atom is -0.347 e. The molecule has 1 aromatic heterocycles. The van der Waals surface area contributed by atoms with Crippen molar-refractivity contribution in [2.45, 2.75) is 34.6 Å². The van der Waals surface area contributed by atoms with Crippen LogP contribution in [0, 0.1) is 39.3 Å². The number of rotatable bonds is 1. The Labute approximate surface area is 113 Å². The molecule has 1 N–H and O–H groups in total. The maximum absolute atomic E-state index is 5.42. The molecule has 18 heavy (non-hydrogen) atoms. The minimum atomic E-state index is 0.716. The molecule has 0 unspecified atom stereocenters. The van der Waals surface area contributed by atoms with Gasteiger partial charge in [-0.3, -0.25) is 0 Å². The van der Waals surface area contributed by atoms with Gasteiger partial charge in [-0.05, 0) is 45.7 Å². The number of H-pyrrole nitrogens is 1. The van der Waals surface area contributed by atoms with Crippen molar-refractivity contribution in [3.8, 4) is 11.3 Å². The predicted octanol–water partition coefficient (Wildman–Crippen LogP) is 4.35. The molecule has 2 nitrogen and oxygen atoms in total. The summed E-state index contributed by atoms with van der Waals surface area (Å²) < 4.78 is 0.716. The lowest BCUT2D eigenvalue weighted by atomic mass is 9.97. The molecule has 1 aromatic carbocycles. The van der Waals surface area contributed by atoms with Crippen LogP contribution in [0.15, 0.2) is 12.1 Å². The number of aromatic nitrogens is 2. The first-order valence-corrected chi connectivity index (χ1v) is 6.46. The predicted molar refractivity (Wildman–Crippen MR) is 78.5 cm³/mol. The maximum Gasteiger partial charge on any atom is 0.130 e. The molecular formula is C15H18N2S. The Hall–Kier alpha value is -1.48. The summed E-state index contributed by atoms with van der Waals surface area (Å²) in [5.41, 5.74) is 7.80. The summed E-state index contributed by atoms with van der Waals surface area (Å²) in [6, 6.07) is 4.35. The van der Waals surface area contributed by atoms with Crippen molar-refractivity contribution in [1.82, 2.24) is 9.97 Å². The highest BCUT2D eigenvalue weighted by molar-refractivity contribution is 7.71. The van der Waals surface area contributed by atoms with Crippen LogP contribution >= 0.6 is 12.2 Å². The molecule has 0 atom stereocenters. The molecule has 1 heterocycles. The topological polar surface area (TPSA) is 28.7 Å². The summed E-state index contributed by atoms with van der Waals surface area (Å²) in [6.45, 7) is 10.3. The van der Waals surface area contributed by atoms with Gasteiger partial charge >= 0.3 is 0 Å². The second kappa shape index (κ2) is 4.65. The molecule has 0 amide bonds. The van der Waals surface area contributed by atoms with E-state index >= 15 is 0 Å². The summed E-state index contributed by atoms with van der Waals surface area (Å²) >= 11 is 5.42. The lowest BCUT2D eigenvalue weighted by Crippen LogP contribution is -1.99. The van der Waals surface area contributed by atoms with Gasteiger partial charge in [0.05, 0.1) is 5.69 Å². The number of hydrogen-bond acceptors (Lipinski definition) is 2. The fraction of sp³-hybridized carbons (Fsp3) is 0.333. The maximum atomic E-state index is 5.42. The van der Waals surface area contributed by atoms with Crippen LogP contribution in [0.4, 0.5) is 0 Å². The van der Waals surface area contributed by atoms with Crippen molar-refractivity contribution in [3.05, 3.63) is 44.9 Å². The number of aromatic amines is 1. The van der Waals surface area contributed by atoms with Gasteiger partial charge in [0.25, 0.3) is 0 Å². The van der Waals surface area contributed by atoms with E-state index in [0.29, 0.717) is 4.64 Å². The quantitative estimate of drug-likeness (QED) is 0.770. The van der Waals surface area contributed by atoms with E-state index in [0.717, 1.165) is 22.6 Å². The molecule has 94 valence electrons. The molecule has 0 spiro atoms. The van der Waals surface area contributed by atoms with Gasteiger partial charge in [-0.2, -0.15) is 0 Å². The van der Waals surface area contributed by atoms with E-state index in [-0.39, 0.29) is 0 Å². The van der Waals surface area contributed by atoms with Gasteiger partial charge in [0.15, 0.2) is 0 Å². The zero-order valence-electron chi connectivity index (χ0n) is 11.5. The highest BCUT2D eigenvalue weighted by atomic mass is 32.1. The molecule has 0 aliphatic rings. The van der Waals surface area contributed by atoms with Crippen molar-refractivity contribution < 1.29 is 0 Å². The van der Waals surface area contributed by atoms with E-state index in [1.807, 2.05) is 13.8 Å². The molecule has 0 aliphatic carbocycles. The van der Waals surface area contributed by atoms with Gasteiger partial charge < -0.3 is 4.98 Å². The highest BCUT2D eigenvalue weighted by Crippen LogP contribution is 2.27. The van der Waals surface area contributed by atoms with E-state index in [4.69, 9.17) is 12.2 Å². The number of nitrogens with one attached hydrogen (secondary N) is 1. The fourth-order valence-corrected chi connectivity index (χ4v) is 2.65. The van der Waals surface area contributed by atoms with Crippen molar-refractivity contribution >= 4 is 12.2 Å². The summed E-state index contributed by atoms with van der Waals surface area (Å²) in [4.78, 5) is 7.89. The molecule has 0 aliphatic heterocycles. The molecule has 2 rings (SSSR count). The van der Waals surface area contributed by atoms with Gasteiger partial charge in [0.1, 0.15) is 10.3 Å². The molecule has 3 heteroatoms. The Balaban J connectivity index is 2.78. The van der Waals surface area contributed by atoms with Crippen molar-refractivity contribution in [2.75, 3.05) is 0 Å². The van der Waals surface area contributed by atoms with E-state index in [2.05, 4.69) is 42.9 Å². The monoisotopic (exact) mass is 258 g/mol. The van der Waals surface area contributed by atoms with Crippen molar-refractivity contribution in [3.63, 3.8) is 0 Å². The third-order valence-electron chi connectivity index (χ3n) is 3.25. The lowest BCUT2D eigenvalue weighted by molar-refractivity contribution is 1.04.